The molecule has 1 heterocycles. The van der Waals surface area contributed by atoms with Gasteiger partial charge in [0.05, 0.1) is 0 Å². The third kappa shape index (κ3) is 2.01. The Bertz CT molecular complexity index is 410. The van der Waals surface area contributed by atoms with Gasteiger partial charge in [-0.05, 0) is 32.9 Å². The first kappa shape index (κ1) is 10.9. The van der Waals surface area contributed by atoms with Gasteiger partial charge in [0.1, 0.15) is 17.5 Å². The van der Waals surface area contributed by atoms with E-state index in [1.807, 2.05) is 13.8 Å². The predicted molar refractivity (Wildman–Crippen MR) is 66.8 cm³/mol. The number of nitrogens with one attached hydrogen (secondary N) is 1. The molecular formula is C12H18N4. The van der Waals surface area contributed by atoms with Crippen LogP contribution >= 0.6 is 0 Å². The van der Waals surface area contributed by atoms with Crippen molar-refractivity contribution >= 4 is 11.6 Å². The summed E-state index contributed by atoms with van der Waals surface area (Å²) >= 11 is 0. The summed E-state index contributed by atoms with van der Waals surface area (Å²) in [7, 11) is 2.10. The van der Waals surface area contributed by atoms with E-state index in [9.17, 15) is 0 Å². The standard InChI is InChI=1S/C12H18N4/c1-5-13-11-8(2)12(15-9(3)14-11)16(4)10-6-7-10/h5,10H,1,6-7H2,2-4H3,(H,13,14,15). The van der Waals surface area contributed by atoms with E-state index in [-0.39, 0.29) is 0 Å². The Kier molecular flexibility index (Phi) is 2.81. The van der Waals surface area contributed by atoms with Crippen molar-refractivity contribution in [1.82, 2.24) is 9.97 Å². The number of hydrogen-bond donors (Lipinski definition) is 1. The maximum atomic E-state index is 4.52. The molecule has 4 nitrogen and oxygen atoms in total. The molecule has 1 saturated carbocycles. The molecule has 4 heteroatoms. The molecule has 1 aromatic heterocycles. The highest BCUT2D eigenvalue weighted by Gasteiger charge is 2.28. The molecule has 16 heavy (non-hydrogen) atoms. The zero-order valence-corrected chi connectivity index (χ0v) is 10.1. The summed E-state index contributed by atoms with van der Waals surface area (Å²) in [6.45, 7) is 7.62. The molecule has 2 rings (SSSR count). The van der Waals surface area contributed by atoms with Crippen LogP contribution in [0.5, 0.6) is 0 Å². The van der Waals surface area contributed by atoms with Gasteiger partial charge < -0.3 is 10.2 Å². The summed E-state index contributed by atoms with van der Waals surface area (Å²) in [6, 6.07) is 0.657. The summed E-state index contributed by atoms with van der Waals surface area (Å²) in [5.74, 6) is 2.67. The SMILES string of the molecule is C=CNc1nc(C)nc(N(C)C2CC2)c1C. The van der Waals surface area contributed by atoms with Crippen LogP contribution in [0.4, 0.5) is 11.6 Å². The monoisotopic (exact) mass is 218 g/mol. The van der Waals surface area contributed by atoms with Gasteiger partial charge in [0.2, 0.25) is 0 Å². The lowest BCUT2D eigenvalue weighted by Gasteiger charge is -2.21. The minimum Gasteiger partial charge on any atom is -0.356 e. The molecule has 1 fully saturated rings. The minimum atomic E-state index is 0.657. The summed E-state index contributed by atoms with van der Waals surface area (Å²) in [6.07, 6.45) is 4.18. The third-order valence-corrected chi connectivity index (χ3v) is 2.90. The van der Waals surface area contributed by atoms with Crippen molar-refractivity contribution in [2.45, 2.75) is 32.7 Å². The molecule has 0 aliphatic heterocycles. The molecule has 86 valence electrons. The molecule has 1 aliphatic carbocycles. The molecule has 0 spiro atoms. The van der Waals surface area contributed by atoms with Crippen molar-refractivity contribution in [3.8, 4) is 0 Å². The molecule has 1 aromatic rings. The lowest BCUT2D eigenvalue weighted by atomic mass is 10.3. The maximum absolute atomic E-state index is 4.52. The van der Waals surface area contributed by atoms with Gasteiger partial charge in [0.25, 0.3) is 0 Å². The molecule has 0 bridgehead atoms. The van der Waals surface area contributed by atoms with Gasteiger partial charge in [-0.2, -0.15) is 0 Å². The van der Waals surface area contributed by atoms with E-state index in [0.717, 1.165) is 23.0 Å². The minimum absolute atomic E-state index is 0.657. The van der Waals surface area contributed by atoms with Crippen LogP contribution in [-0.2, 0) is 0 Å². The van der Waals surface area contributed by atoms with Gasteiger partial charge >= 0.3 is 0 Å². The molecule has 0 saturated heterocycles. The summed E-state index contributed by atoms with van der Waals surface area (Å²) in [5.41, 5.74) is 1.08. The highest BCUT2D eigenvalue weighted by molar-refractivity contribution is 5.60. The normalized spacial score (nSPS) is 14.7. The number of nitrogens with zero attached hydrogens (tertiary/aromatic N) is 3. The van der Waals surface area contributed by atoms with Crippen molar-refractivity contribution in [3.63, 3.8) is 0 Å². The number of aryl methyl sites for hydroxylation is 1. The zero-order chi connectivity index (χ0) is 11.7. The third-order valence-electron chi connectivity index (χ3n) is 2.90. The first-order valence-electron chi connectivity index (χ1n) is 5.59. The zero-order valence-electron chi connectivity index (χ0n) is 10.1. The van der Waals surface area contributed by atoms with E-state index in [1.165, 1.54) is 12.8 Å². The van der Waals surface area contributed by atoms with Crippen LogP contribution in [0.2, 0.25) is 0 Å². The molecule has 1 aliphatic rings. The largest absolute Gasteiger partial charge is 0.356 e. The Hall–Kier alpha value is -1.58. The van der Waals surface area contributed by atoms with Crippen molar-refractivity contribution in [1.29, 1.82) is 0 Å². The molecular weight excluding hydrogens is 200 g/mol. The van der Waals surface area contributed by atoms with E-state index in [1.54, 1.807) is 6.20 Å². The first-order valence-corrected chi connectivity index (χ1v) is 5.59. The highest BCUT2D eigenvalue weighted by atomic mass is 15.2. The fourth-order valence-electron chi connectivity index (χ4n) is 1.83. The van der Waals surface area contributed by atoms with Gasteiger partial charge in [-0.25, -0.2) is 9.97 Å². The van der Waals surface area contributed by atoms with E-state index < -0.39 is 0 Å². The van der Waals surface area contributed by atoms with Crippen molar-refractivity contribution in [2.75, 3.05) is 17.3 Å². The summed E-state index contributed by atoms with van der Waals surface area (Å²) < 4.78 is 0. The molecule has 0 atom stereocenters. The lowest BCUT2D eigenvalue weighted by molar-refractivity contribution is 0.866. The first-order chi connectivity index (χ1) is 7.63. The maximum Gasteiger partial charge on any atom is 0.138 e. The van der Waals surface area contributed by atoms with Gasteiger partial charge in [-0.3, -0.25) is 0 Å². The van der Waals surface area contributed by atoms with Crippen molar-refractivity contribution in [2.24, 2.45) is 0 Å². The smallest absolute Gasteiger partial charge is 0.138 e. The number of anilines is 2. The predicted octanol–water partition coefficient (Wildman–Crippen LogP) is 2.25. The molecule has 0 aromatic carbocycles. The van der Waals surface area contributed by atoms with Crippen LogP contribution in [0.25, 0.3) is 0 Å². The molecule has 0 amide bonds. The van der Waals surface area contributed by atoms with Crippen LogP contribution in [0.1, 0.15) is 24.2 Å². The van der Waals surface area contributed by atoms with E-state index in [0.29, 0.717) is 6.04 Å². The van der Waals surface area contributed by atoms with E-state index in [4.69, 9.17) is 0 Å². The van der Waals surface area contributed by atoms with Crippen LogP contribution in [0.3, 0.4) is 0 Å². The fourth-order valence-corrected chi connectivity index (χ4v) is 1.83. The quantitative estimate of drug-likeness (QED) is 0.841. The summed E-state index contributed by atoms with van der Waals surface area (Å²) in [4.78, 5) is 11.1. The van der Waals surface area contributed by atoms with Crippen molar-refractivity contribution < 1.29 is 0 Å². The average molecular weight is 218 g/mol. The Morgan fingerprint density at radius 1 is 1.38 bits per heavy atom. The second kappa shape index (κ2) is 4.12. The molecule has 0 unspecified atom stereocenters. The number of hydrogen-bond acceptors (Lipinski definition) is 4. The van der Waals surface area contributed by atoms with Crippen LogP contribution in [-0.4, -0.2) is 23.1 Å². The Morgan fingerprint density at radius 2 is 2.06 bits per heavy atom. The van der Waals surface area contributed by atoms with Gasteiger partial charge in [0, 0.05) is 18.7 Å². The Balaban J connectivity index is 2.38. The lowest BCUT2D eigenvalue weighted by Crippen LogP contribution is -2.22. The van der Waals surface area contributed by atoms with Crippen LogP contribution in [0.15, 0.2) is 12.8 Å². The van der Waals surface area contributed by atoms with Gasteiger partial charge in [0.15, 0.2) is 0 Å². The van der Waals surface area contributed by atoms with E-state index in [2.05, 4.69) is 33.8 Å². The highest BCUT2D eigenvalue weighted by Crippen LogP contribution is 2.32. The fraction of sp³-hybridized carbons (Fsp3) is 0.500. The number of aromatic nitrogens is 2. The Labute approximate surface area is 96.4 Å². The van der Waals surface area contributed by atoms with Crippen molar-refractivity contribution in [3.05, 3.63) is 24.2 Å². The average Bonchev–Trinajstić information content (AvgIpc) is 3.06. The van der Waals surface area contributed by atoms with Gasteiger partial charge in [-0.15, -0.1) is 0 Å². The molecule has 1 N–H and O–H groups in total. The topological polar surface area (TPSA) is 41.1 Å². The Morgan fingerprint density at radius 3 is 2.62 bits per heavy atom. The summed E-state index contributed by atoms with van der Waals surface area (Å²) in [5, 5.41) is 3.06. The second-order valence-electron chi connectivity index (χ2n) is 4.26. The number of rotatable bonds is 4. The second-order valence-corrected chi connectivity index (χ2v) is 4.26. The van der Waals surface area contributed by atoms with Gasteiger partial charge in [-0.1, -0.05) is 6.58 Å². The van der Waals surface area contributed by atoms with Crippen LogP contribution in [0, 0.1) is 13.8 Å². The van der Waals surface area contributed by atoms with Crippen LogP contribution < -0.4 is 10.2 Å². The van der Waals surface area contributed by atoms with E-state index >= 15 is 0 Å². The molecule has 0 radical (unpaired) electrons.